The molecule has 0 saturated heterocycles. The number of fused-ring (bicyclic) bond motifs is 1. The normalized spacial score (nSPS) is 19.5. The van der Waals surface area contributed by atoms with Gasteiger partial charge in [0.2, 0.25) is 11.9 Å². The van der Waals surface area contributed by atoms with Gasteiger partial charge in [-0.2, -0.15) is 4.98 Å². The first-order valence-electron chi connectivity index (χ1n) is 10.1. The predicted molar refractivity (Wildman–Crippen MR) is 123 cm³/mol. The number of nitrogens with zero attached hydrogens (tertiary/aromatic N) is 4. The SMILES string of the molecule is C.C.CCN1CC(=O)N(CC)c2cnc(NC3CC(COc4ccc(F)cc4)C3)nc21. The van der Waals surface area contributed by atoms with Gasteiger partial charge in [-0.15, -0.1) is 0 Å². The van der Waals surface area contributed by atoms with Crippen molar-refractivity contribution in [2.75, 3.05) is 41.4 Å². The molecule has 0 radical (unpaired) electrons. The molecule has 31 heavy (non-hydrogen) atoms. The van der Waals surface area contributed by atoms with E-state index >= 15 is 0 Å². The molecule has 4 rings (SSSR count). The number of carbonyl (C=O) groups is 1. The van der Waals surface area contributed by atoms with Gasteiger partial charge in [0, 0.05) is 19.1 Å². The van der Waals surface area contributed by atoms with Crippen LogP contribution in [0.15, 0.2) is 30.5 Å². The lowest BCUT2D eigenvalue weighted by molar-refractivity contribution is -0.117. The first kappa shape index (κ1) is 24.4. The average Bonchev–Trinajstić information content (AvgIpc) is 2.70. The number of benzene rings is 1. The molecule has 2 aromatic rings. The number of aromatic nitrogens is 2. The first-order chi connectivity index (χ1) is 14.1. The molecule has 1 aliphatic heterocycles. The number of halogens is 1. The highest BCUT2D eigenvalue weighted by Gasteiger charge is 2.32. The Hall–Kier alpha value is -2.90. The molecule has 0 bridgehead atoms. The van der Waals surface area contributed by atoms with Crippen LogP contribution in [0.3, 0.4) is 0 Å². The molecule has 1 aromatic heterocycles. The van der Waals surface area contributed by atoms with Crippen molar-refractivity contribution in [1.29, 1.82) is 0 Å². The second-order valence-corrected chi connectivity index (χ2v) is 7.50. The molecular formula is C23H34FN5O2. The molecule has 8 heteroatoms. The van der Waals surface area contributed by atoms with E-state index in [-0.39, 0.29) is 26.6 Å². The molecule has 1 N–H and O–H groups in total. The van der Waals surface area contributed by atoms with Crippen molar-refractivity contribution in [2.24, 2.45) is 5.92 Å². The van der Waals surface area contributed by atoms with E-state index in [2.05, 4.69) is 15.3 Å². The summed E-state index contributed by atoms with van der Waals surface area (Å²) >= 11 is 0. The van der Waals surface area contributed by atoms with Crippen LogP contribution in [0.1, 0.15) is 41.5 Å². The molecule has 0 spiro atoms. The molecule has 1 saturated carbocycles. The molecule has 1 aliphatic carbocycles. The van der Waals surface area contributed by atoms with Crippen molar-refractivity contribution in [1.82, 2.24) is 9.97 Å². The van der Waals surface area contributed by atoms with E-state index in [4.69, 9.17) is 4.74 Å². The Morgan fingerprint density at radius 2 is 1.87 bits per heavy atom. The molecule has 7 nitrogen and oxygen atoms in total. The van der Waals surface area contributed by atoms with Crippen molar-refractivity contribution in [3.63, 3.8) is 0 Å². The Balaban J connectivity index is 0.00000171. The maximum atomic E-state index is 12.9. The highest BCUT2D eigenvalue weighted by atomic mass is 19.1. The fourth-order valence-corrected chi connectivity index (χ4v) is 3.84. The van der Waals surface area contributed by atoms with Crippen molar-refractivity contribution in [3.05, 3.63) is 36.3 Å². The summed E-state index contributed by atoms with van der Waals surface area (Å²) in [5.41, 5.74) is 0.773. The van der Waals surface area contributed by atoms with Crippen LogP contribution in [-0.2, 0) is 4.79 Å². The zero-order chi connectivity index (χ0) is 20.4. The highest BCUT2D eigenvalue weighted by molar-refractivity contribution is 6.02. The molecule has 0 unspecified atom stereocenters. The monoisotopic (exact) mass is 431 g/mol. The Labute approximate surface area is 184 Å². The summed E-state index contributed by atoms with van der Waals surface area (Å²) in [4.78, 5) is 25.1. The van der Waals surface area contributed by atoms with Gasteiger partial charge in [-0.1, -0.05) is 14.9 Å². The Morgan fingerprint density at radius 1 is 1.16 bits per heavy atom. The van der Waals surface area contributed by atoms with Crippen LogP contribution in [0.2, 0.25) is 0 Å². The Bertz CT molecular complexity index is 871. The van der Waals surface area contributed by atoms with Crippen molar-refractivity contribution in [2.45, 2.75) is 47.6 Å². The second kappa shape index (κ2) is 10.4. The number of nitrogens with one attached hydrogen (secondary N) is 1. The van der Waals surface area contributed by atoms with Gasteiger partial charge in [0.05, 0.1) is 19.3 Å². The molecule has 170 valence electrons. The highest BCUT2D eigenvalue weighted by Crippen LogP contribution is 2.34. The predicted octanol–water partition coefficient (Wildman–Crippen LogP) is 4.35. The summed E-state index contributed by atoms with van der Waals surface area (Å²) in [7, 11) is 0. The standard InChI is InChI=1S/C21H26FN5O2.2CH4/c1-3-26-12-19(28)27(4-2)18-11-23-21(25-20(18)26)24-16-9-14(10-16)13-29-17-7-5-15(22)6-8-17;;/h5-8,11,14,16H,3-4,9-10,12-13H2,1-2H3,(H,23,24,25);2*1H4. The molecular weight excluding hydrogens is 397 g/mol. The van der Waals surface area contributed by atoms with E-state index in [1.165, 1.54) is 12.1 Å². The van der Waals surface area contributed by atoms with Gasteiger partial charge < -0.3 is 19.9 Å². The quantitative estimate of drug-likeness (QED) is 0.703. The maximum absolute atomic E-state index is 12.9. The summed E-state index contributed by atoms with van der Waals surface area (Å²) in [6.45, 7) is 6.27. The van der Waals surface area contributed by atoms with E-state index in [9.17, 15) is 9.18 Å². The summed E-state index contributed by atoms with van der Waals surface area (Å²) < 4.78 is 18.7. The summed E-state index contributed by atoms with van der Waals surface area (Å²) in [6, 6.07) is 6.40. The van der Waals surface area contributed by atoms with Gasteiger partial charge >= 0.3 is 0 Å². The van der Waals surface area contributed by atoms with E-state index in [0.717, 1.165) is 30.9 Å². The van der Waals surface area contributed by atoms with Crippen LogP contribution in [0, 0.1) is 11.7 Å². The van der Waals surface area contributed by atoms with Crippen LogP contribution in [0.25, 0.3) is 0 Å². The van der Waals surface area contributed by atoms with Gasteiger partial charge in [-0.25, -0.2) is 9.37 Å². The first-order valence-corrected chi connectivity index (χ1v) is 10.1. The Morgan fingerprint density at radius 3 is 2.52 bits per heavy atom. The van der Waals surface area contributed by atoms with Crippen molar-refractivity contribution < 1.29 is 13.9 Å². The minimum atomic E-state index is -0.261. The fraction of sp³-hybridized carbons (Fsp3) is 0.522. The van der Waals surface area contributed by atoms with E-state index < -0.39 is 0 Å². The second-order valence-electron chi connectivity index (χ2n) is 7.50. The number of rotatable bonds is 7. The van der Waals surface area contributed by atoms with E-state index in [0.29, 0.717) is 43.4 Å². The van der Waals surface area contributed by atoms with Crippen LogP contribution < -0.4 is 19.9 Å². The molecule has 1 amide bonds. The van der Waals surface area contributed by atoms with Crippen LogP contribution in [0.5, 0.6) is 5.75 Å². The van der Waals surface area contributed by atoms with Gasteiger partial charge in [-0.05, 0) is 56.9 Å². The smallest absolute Gasteiger partial charge is 0.246 e. The molecule has 2 aliphatic rings. The zero-order valence-corrected chi connectivity index (χ0v) is 16.8. The van der Waals surface area contributed by atoms with E-state index in [1.807, 2.05) is 18.7 Å². The third kappa shape index (κ3) is 5.24. The number of amides is 1. The topological polar surface area (TPSA) is 70.6 Å². The van der Waals surface area contributed by atoms with Crippen LogP contribution in [-0.4, -0.2) is 48.2 Å². The van der Waals surface area contributed by atoms with Gasteiger partial charge in [-0.3, -0.25) is 4.79 Å². The van der Waals surface area contributed by atoms with Gasteiger partial charge in [0.1, 0.15) is 17.3 Å². The number of anilines is 3. The van der Waals surface area contributed by atoms with Crippen LogP contribution >= 0.6 is 0 Å². The minimum Gasteiger partial charge on any atom is -0.493 e. The van der Waals surface area contributed by atoms with Crippen LogP contribution in [0.4, 0.5) is 21.8 Å². The number of ether oxygens (including phenoxy) is 1. The Kier molecular flexibility index (Phi) is 8.19. The van der Waals surface area contributed by atoms with Gasteiger partial charge in [0.15, 0.2) is 5.82 Å². The molecule has 0 atom stereocenters. The summed E-state index contributed by atoms with van der Waals surface area (Å²) in [5.74, 6) is 2.36. The number of likely N-dealkylation sites (N-methyl/N-ethyl adjacent to an activating group) is 2. The third-order valence-electron chi connectivity index (χ3n) is 5.53. The number of hydrogen-bond acceptors (Lipinski definition) is 6. The van der Waals surface area contributed by atoms with Crippen molar-refractivity contribution >= 4 is 23.4 Å². The fourth-order valence-electron chi connectivity index (χ4n) is 3.84. The largest absolute Gasteiger partial charge is 0.493 e. The maximum Gasteiger partial charge on any atom is 0.246 e. The zero-order valence-electron chi connectivity index (χ0n) is 16.8. The van der Waals surface area contributed by atoms with Crippen molar-refractivity contribution in [3.8, 4) is 5.75 Å². The minimum absolute atomic E-state index is 0. The number of carbonyl (C=O) groups excluding carboxylic acids is 1. The van der Waals surface area contributed by atoms with Gasteiger partial charge in [0.25, 0.3) is 0 Å². The third-order valence-corrected chi connectivity index (χ3v) is 5.53. The van der Waals surface area contributed by atoms with E-state index in [1.54, 1.807) is 23.2 Å². The number of hydrogen-bond donors (Lipinski definition) is 1. The summed E-state index contributed by atoms with van der Waals surface area (Å²) in [6.07, 6.45) is 3.68. The lowest BCUT2D eigenvalue weighted by Gasteiger charge is -2.37. The summed E-state index contributed by atoms with van der Waals surface area (Å²) in [5, 5.41) is 3.40. The molecule has 1 fully saturated rings. The molecule has 1 aromatic carbocycles. The average molecular weight is 432 g/mol. The molecule has 2 heterocycles. The lowest BCUT2D eigenvalue weighted by atomic mass is 9.81. The lowest BCUT2D eigenvalue weighted by Crippen LogP contribution is -2.46.